The second-order valence-corrected chi connectivity index (χ2v) is 1.80. The predicted octanol–water partition coefficient (Wildman–Crippen LogP) is 0.136. The summed E-state index contributed by atoms with van der Waals surface area (Å²) in [5.41, 5.74) is 0. The predicted molar refractivity (Wildman–Crippen MR) is 27.0 cm³/mol. The van der Waals surface area contributed by atoms with Gasteiger partial charge in [0.05, 0.1) is 0 Å². The van der Waals surface area contributed by atoms with Crippen molar-refractivity contribution in [2.75, 3.05) is 7.05 Å². The highest BCUT2D eigenvalue weighted by molar-refractivity contribution is 6.16. The van der Waals surface area contributed by atoms with Gasteiger partial charge in [0.15, 0.2) is 0 Å². The Morgan fingerprint density at radius 2 is 1.40 bits per heavy atom. The van der Waals surface area contributed by atoms with Crippen LogP contribution in [0.3, 0.4) is 0 Å². The number of carbonyl (C=O) groups is 2. The van der Waals surface area contributed by atoms with E-state index in [1.54, 1.807) is 0 Å². The molecule has 10 heavy (non-hydrogen) atoms. The fourth-order valence-corrected chi connectivity index (χ4v) is 0.574. The molecule has 0 spiro atoms. The van der Waals surface area contributed by atoms with Crippen LogP contribution < -0.4 is 0 Å². The van der Waals surface area contributed by atoms with Crippen molar-refractivity contribution >= 4 is 11.8 Å². The lowest BCUT2D eigenvalue weighted by molar-refractivity contribution is -0.137. The molecule has 0 bridgehead atoms. The first kappa shape index (κ1) is 6.85. The number of nitrogens with zero attached hydrogens (tertiary/aromatic N) is 1. The highest BCUT2D eigenvalue weighted by atomic mass is 19.2. The molecule has 0 atom stereocenters. The van der Waals surface area contributed by atoms with Gasteiger partial charge in [0.25, 0.3) is 11.8 Å². The molecule has 0 aromatic carbocycles. The number of halogens is 2. The molecule has 1 aliphatic rings. The number of hydrogen-bond acceptors (Lipinski definition) is 2. The van der Waals surface area contributed by atoms with Crippen molar-refractivity contribution < 1.29 is 18.4 Å². The van der Waals surface area contributed by atoms with Crippen molar-refractivity contribution in [3.05, 3.63) is 11.7 Å². The molecule has 0 aromatic heterocycles. The molecule has 5 heteroatoms. The molecule has 2 amide bonds. The first-order valence-corrected chi connectivity index (χ1v) is 2.43. The van der Waals surface area contributed by atoms with Crippen molar-refractivity contribution in [2.24, 2.45) is 0 Å². The summed E-state index contributed by atoms with van der Waals surface area (Å²) in [4.78, 5) is 21.1. The minimum Gasteiger partial charge on any atom is -0.273 e. The second-order valence-electron chi connectivity index (χ2n) is 1.80. The summed E-state index contributed by atoms with van der Waals surface area (Å²) in [7, 11) is 1.01. The Kier molecular flexibility index (Phi) is 1.28. The molecule has 0 radical (unpaired) electrons. The Hall–Kier alpha value is -1.26. The van der Waals surface area contributed by atoms with E-state index in [1.807, 2.05) is 0 Å². The lowest BCUT2D eigenvalue weighted by atomic mass is 10.5. The molecule has 1 aliphatic heterocycles. The number of imide groups is 1. The molecule has 0 saturated heterocycles. The van der Waals surface area contributed by atoms with E-state index in [0.717, 1.165) is 7.05 Å². The third kappa shape index (κ3) is 0.632. The largest absolute Gasteiger partial charge is 0.292 e. The third-order valence-electron chi connectivity index (χ3n) is 1.18. The number of rotatable bonds is 0. The average molecular weight is 147 g/mol. The highest BCUT2D eigenvalue weighted by Crippen LogP contribution is 2.20. The van der Waals surface area contributed by atoms with Crippen LogP contribution >= 0.6 is 0 Å². The Morgan fingerprint density at radius 1 is 1.10 bits per heavy atom. The summed E-state index contributed by atoms with van der Waals surface area (Å²) in [6.07, 6.45) is 0. The molecule has 0 unspecified atom stereocenters. The van der Waals surface area contributed by atoms with Crippen LogP contribution in [0.4, 0.5) is 8.78 Å². The number of likely N-dealkylation sites (N-methyl/N-ethyl adjacent to an activating group) is 1. The van der Waals surface area contributed by atoms with Crippen molar-refractivity contribution in [1.82, 2.24) is 4.90 Å². The molecule has 0 N–H and O–H groups in total. The van der Waals surface area contributed by atoms with Gasteiger partial charge in [-0.1, -0.05) is 0 Å². The van der Waals surface area contributed by atoms with Gasteiger partial charge in [0.2, 0.25) is 11.7 Å². The van der Waals surface area contributed by atoms with E-state index in [0.29, 0.717) is 4.90 Å². The second kappa shape index (κ2) is 1.86. The number of hydrogen-bond donors (Lipinski definition) is 0. The van der Waals surface area contributed by atoms with E-state index >= 15 is 0 Å². The van der Waals surface area contributed by atoms with E-state index < -0.39 is 23.5 Å². The van der Waals surface area contributed by atoms with Crippen LogP contribution in [-0.4, -0.2) is 23.8 Å². The molecule has 0 saturated carbocycles. The Morgan fingerprint density at radius 3 is 1.50 bits per heavy atom. The molecule has 0 aliphatic carbocycles. The molecular formula is C5H3F2NO2. The van der Waals surface area contributed by atoms with Gasteiger partial charge in [0.1, 0.15) is 0 Å². The van der Waals surface area contributed by atoms with E-state index in [9.17, 15) is 18.4 Å². The summed E-state index contributed by atoms with van der Waals surface area (Å²) in [6.45, 7) is 0. The SMILES string of the molecule is CN1C(=O)C(F)=C(F)C1=O. The maximum absolute atomic E-state index is 12.1. The molecular weight excluding hydrogens is 144 g/mol. The van der Waals surface area contributed by atoms with Crippen molar-refractivity contribution in [3.8, 4) is 0 Å². The zero-order chi connectivity index (χ0) is 7.89. The standard InChI is InChI=1S/C5H3F2NO2/c1-8-4(9)2(6)3(7)5(8)10/h1H3. The quantitative estimate of drug-likeness (QED) is 0.457. The topological polar surface area (TPSA) is 37.4 Å². The van der Waals surface area contributed by atoms with Gasteiger partial charge in [-0.2, -0.15) is 8.78 Å². The van der Waals surface area contributed by atoms with Crippen LogP contribution in [0.15, 0.2) is 11.7 Å². The minimum atomic E-state index is -1.60. The van der Waals surface area contributed by atoms with Crippen molar-refractivity contribution in [1.29, 1.82) is 0 Å². The van der Waals surface area contributed by atoms with Crippen LogP contribution in [0.25, 0.3) is 0 Å². The van der Waals surface area contributed by atoms with Gasteiger partial charge in [-0.05, 0) is 0 Å². The smallest absolute Gasteiger partial charge is 0.273 e. The fraction of sp³-hybridized carbons (Fsp3) is 0.200. The third-order valence-corrected chi connectivity index (χ3v) is 1.18. The Labute approximate surface area is 54.9 Å². The van der Waals surface area contributed by atoms with Crippen molar-refractivity contribution in [2.45, 2.75) is 0 Å². The maximum Gasteiger partial charge on any atom is 0.292 e. The van der Waals surface area contributed by atoms with Gasteiger partial charge >= 0.3 is 0 Å². The summed E-state index contributed by atoms with van der Waals surface area (Å²) < 4.78 is 24.2. The fourth-order valence-electron chi connectivity index (χ4n) is 0.574. The Bertz CT molecular complexity index is 222. The average Bonchev–Trinajstić information content (AvgIpc) is 2.07. The normalized spacial score (nSPS) is 19.3. The van der Waals surface area contributed by atoms with Gasteiger partial charge < -0.3 is 0 Å². The molecule has 0 aromatic rings. The van der Waals surface area contributed by atoms with Crippen LogP contribution in [0.2, 0.25) is 0 Å². The zero-order valence-corrected chi connectivity index (χ0v) is 5.02. The van der Waals surface area contributed by atoms with Crippen LogP contribution in [0.5, 0.6) is 0 Å². The summed E-state index contributed by atoms with van der Waals surface area (Å²) in [5, 5.41) is 0. The van der Waals surface area contributed by atoms with E-state index in [1.165, 1.54) is 0 Å². The minimum absolute atomic E-state index is 0.380. The van der Waals surface area contributed by atoms with Crippen molar-refractivity contribution in [3.63, 3.8) is 0 Å². The zero-order valence-electron chi connectivity index (χ0n) is 5.02. The first-order valence-electron chi connectivity index (χ1n) is 2.43. The maximum atomic E-state index is 12.1. The van der Waals surface area contributed by atoms with Gasteiger partial charge in [-0.3, -0.25) is 14.5 Å². The van der Waals surface area contributed by atoms with E-state index in [2.05, 4.69) is 0 Å². The van der Waals surface area contributed by atoms with Gasteiger partial charge in [-0.25, -0.2) is 0 Å². The first-order chi connectivity index (χ1) is 4.55. The molecule has 1 heterocycles. The van der Waals surface area contributed by atoms with Crippen LogP contribution in [0.1, 0.15) is 0 Å². The number of amides is 2. The summed E-state index contributed by atoms with van der Waals surface area (Å²) in [5.74, 6) is -5.65. The van der Waals surface area contributed by atoms with Crippen LogP contribution in [-0.2, 0) is 9.59 Å². The molecule has 0 fully saturated rings. The van der Waals surface area contributed by atoms with E-state index in [-0.39, 0.29) is 0 Å². The monoisotopic (exact) mass is 147 g/mol. The molecule has 1 rings (SSSR count). The molecule has 54 valence electrons. The van der Waals surface area contributed by atoms with Gasteiger partial charge in [-0.15, -0.1) is 0 Å². The Balaban J connectivity index is 3.11. The lowest BCUT2D eigenvalue weighted by Gasteiger charge is -2.01. The highest BCUT2D eigenvalue weighted by Gasteiger charge is 2.36. The summed E-state index contributed by atoms with van der Waals surface area (Å²) in [6, 6.07) is 0. The number of carbonyl (C=O) groups excluding carboxylic acids is 2. The summed E-state index contributed by atoms with van der Waals surface area (Å²) >= 11 is 0. The van der Waals surface area contributed by atoms with Gasteiger partial charge in [0, 0.05) is 7.05 Å². The lowest BCUT2D eigenvalue weighted by Crippen LogP contribution is -2.26. The molecule has 3 nitrogen and oxygen atoms in total. The van der Waals surface area contributed by atoms with Crippen LogP contribution in [0, 0.1) is 0 Å². The van der Waals surface area contributed by atoms with E-state index in [4.69, 9.17) is 0 Å².